The monoisotopic (exact) mass is 434 g/mol. The van der Waals surface area contributed by atoms with Gasteiger partial charge in [-0.2, -0.15) is 5.10 Å². The summed E-state index contributed by atoms with van der Waals surface area (Å²) in [7, 11) is 0. The number of nitrogens with one attached hydrogen (secondary N) is 1. The zero-order valence-corrected chi connectivity index (χ0v) is 17.3. The van der Waals surface area contributed by atoms with Crippen molar-refractivity contribution < 1.29 is 18.7 Å². The third-order valence-electron chi connectivity index (χ3n) is 5.04. The summed E-state index contributed by atoms with van der Waals surface area (Å²) >= 11 is 6.22. The summed E-state index contributed by atoms with van der Waals surface area (Å²) in [6, 6.07) is 1.05. The molecule has 1 saturated heterocycles. The molecule has 158 valence electrons. The standard InChI is InChI=1S/C19H20ClFN6O3/c1-4-29-16-10(5-11(20)15(21)14(16)12-6-23-19(28)30-12)9(3)27-18-13(8(2)26-27)17(22)24-7-25-18/h5,7,9,12H,4,6H2,1-3H3,(H,23,28)(H2,22,24,25)/t9?,12-/m0/s1. The van der Waals surface area contributed by atoms with Gasteiger partial charge in [-0.1, -0.05) is 11.6 Å². The highest BCUT2D eigenvalue weighted by Gasteiger charge is 2.34. The van der Waals surface area contributed by atoms with Crippen LogP contribution >= 0.6 is 11.6 Å². The third kappa shape index (κ3) is 3.17. The number of cyclic esters (lactones) is 1. The van der Waals surface area contributed by atoms with Gasteiger partial charge in [0.1, 0.15) is 17.9 Å². The summed E-state index contributed by atoms with van der Waals surface area (Å²) < 4.78 is 27.7. The van der Waals surface area contributed by atoms with E-state index < -0.39 is 24.1 Å². The second-order valence-electron chi connectivity index (χ2n) is 6.88. The lowest BCUT2D eigenvalue weighted by molar-refractivity contribution is 0.137. The highest BCUT2D eigenvalue weighted by atomic mass is 35.5. The van der Waals surface area contributed by atoms with E-state index in [4.69, 9.17) is 26.8 Å². The number of alkyl carbamates (subject to hydrolysis) is 1. The second kappa shape index (κ2) is 7.60. The molecule has 1 amide bonds. The molecule has 1 fully saturated rings. The molecular formula is C19H20ClFN6O3. The minimum absolute atomic E-state index is 0.0897. The number of nitrogen functional groups attached to an aromatic ring is 1. The number of nitrogens with two attached hydrogens (primary N) is 1. The van der Waals surface area contributed by atoms with Crippen LogP contribution in [0.1, 0.15) is 42.8 Å². The Morgan fingerprint density at radius 2 is 2.27 bits per heavy atom. The number of aryl methyl sites for hydroxylation is 1. The Morgan fingerprint density at radius 3 is 2.93 bits per heavy atom. The molecular weight excluding hydrogens is 415 g/mol. The number of fused-ring (bicyclic) bond motifs is 1. The lowest BCUT2D eigenvalue weighted by Gasteiger charge is -2.23. The number of nitrogens with zero attached hydrogens (tertiary/aromatic N) is 4. The summed E-state index contributed by atoms with van der Waals surface area (Å²) in [5.74, 6) is -0.106. The summed E-state index contributed by atoms with van der Waals surface area (Å²) in [5.41, 5.74) is 7.85. The van der Waals surface area contributed by atoms with E-state index >= 15 is 4.39 Å². The van der Waals surface area contributed by atoms with E-state index in [1.807, 2.05) is 6.92 Å². The number of anilines is 1. The quantitative estimate of drug-likeness (QED) is 0.632. The summed E-state index contributed by atoms with van der Waals surface area (Å²) in [4.78, 5) is 19.9. The molecule has 30 heavy (non-hydrogen) atoms. The molecule has 0 spiro atoms. The highest BCUT2D eigenvalue weighted by molar-refractivity contribution is 6.31. The average Bonchev–Trinajstić information content (AvgIpc) is 3.28. The fourth-order valence-electron chi connectivity index (χ4n) is 3.67. The van der Waals surface area contributed by atoms with Gasteiger partial charge in [0, 0.05) is 5.56 Å². The first-order valence-corrected chi connectivity index (χ1v) is 9.75. The van der Waals surface area contributed by atoms with Crippen molar-refractivity contribution in [1.82, 2.24) is 25.1 Å². The van der Waals surface area contributed by atoms with E-state index in [-0.39, 0.29) is 29.5 Å². The van der Waals surface area contributed by atoms with E-state index in [1.54, 1.807) is 18.5 Å². The van der Waals surface area contributed by atoms with Crippen LogP contribution in [-0.2, 0) is 4.74 Å². The molecule has 0 bridgehead atoms. The molecule has 0 aliphatic carbocycles. The molecule has 1 unspecified atom stereocenters. The first kappa shape index (κ1) is 20.1. The van der Waals surface area contributed by atoms with Crippen molar-refractivity contribution in [1.29, 1.82) is 0 Å². The van der Waals surface area contributed by atoms with Crippen LogP contribution in [0.15, 0.2) is 12.4 Å². The third-order valence-corrected chi connectivity index (χ3v) is 5.31. The first-order valence-electron chi connectivity index (χ1n) is 9.37. The van der Waals surface area contributed by atoms with Crippen LogP contribution in [0.4, 0.5) is 15.0 Å². The number of halogens is 2. The largest absolute Gasteiger partial charge is 0.493 e. The highest BCUT2D eigenvalue weighted by Crippen LogP contribution is 2.42. The number of aromatic nitrogens is 4. The normalized spacial score (nSPS) is 17.1. The van der Waals surface area contributed by atoms with Crippen LogP contribution in [-0.4, -0.2) is 39.0 Å². The number of hydrogen-bond donors (Lipinski definition) is 2. The number of amides is 1. The Bertz CT molecular complexity index is 1150. The smallest absolute Gasteiger partial charge is 0.407 e. The lowest BCUT2D eigenvalue weighted by Crippen LogP contribution is -2.16. The molecule has 2 atom stereocenters. The Morgan fingerprint density at radius 1 is 1.50 bits per heavy atom. The van der Waals surface area contributed by atoms with Gasteiger partial charge in [0.05, 0.1) is 40.9 Å². The number of ether oxygens (including phenoxy) is 2. The number of rotatable bonds is 5. The maximum atomic E-state index is 15.0. The average molecular weight is 435 g/mol. The summed E-state index contributed by atoms with van der Waals surface area (Å²) in [6.45, 7) is 5.83. The molecule has 2 aromatic heterocycles. The molecule has 1 aliphatic rings. The van der Waals surface area contributed by atoms with Gasteiger partial charge >= 0.3 is 6.09 Å². The van der Waals surface area contributed by atoms with Crippen molar-refractivity contribution >= 4 is 34.5 Å². The number of hydrogen-bond acceptors (Lipinski definition) is 7. The van der Waals surface area contributed by atoms with Crippen molar-refractivity contribution in [3.05, 3.63) is 40.1 Å². The van der Waals surface area contributed by atoms with Crippen molar-refractivity contribution in [2.45, 2.75) is 32.9 Å². The van der Waals surface area contributed by atoms with Crippen molar-refractivity contribution in [3.63, 3.8) is 0 Å². The van der Waals surface area contributed by atoms with Gasteiger partial charge in [0.25, 0.3) is 0 Å². The molecule has 0 saturated carbocycles. The first-order chi connectivity index (χ1) is 14.3. The van der Waals surface area contributed by atoms with Crippen molar-refractivity contribution in [2.24, 2.45) is 0 Å². The van der Waals surface area contributed by atoms with Gasteiger partial charge in [0.2, 0.25) is 0 Å². The molecule has 1 aliphatic heterocycles. The van der Waals surface area contributed by atoms with E-state index in [1.165, 1.54) is 12.4 Å². The molecule has 9 nitrogen and oxygen atoms in total. The van der Waals surface area contributed by atoms with Gasteiger partial charge in [-0.25, -0.2) is 23.8 Å². The molecule has 3 N–H and O–H groups in total. The molecule has 11 heteroatoms. The van der Waals surface area contributed by atoms with Crippen LogP contribution in [0.2, 0.25) is 5.02 Å². The Balaban J connectivity index is 1.91. The van der Waals surface area contributed by atoms with Crippen molar-refractivity contribution in [2.75, 3.05) is 18.9 Å². The molecule has 3 aromatic rings. The SMILES string of the molecule is CCOc1c(C(C)n2nc(C)c3c(N)ncnc32)cc(Cl)c(F)c1[C@@H]1CNC(=O)O1. The predicted octanol–water partition coefficient (Wildman–Crippen LogP) is 3.30. The molecule has 1 aromatic carbocycles. The van der Waals surface area contributed by atoms with E-state index in [9.17, 15) is 4.79 Å². The minimum atomic E-state index is -0.863. The van der Waals surface area contributed by atoms with Crippen LogP contribution in [0, 0.1) is 12.7 Å². The van der Waals surface area contributed by atoms with Gasteiger partial charge < -0.3 is 20.5 Å². The Kier molecular flexibility index (Phi) is 5.10. The minimum Gasteiger partial charge on any atom is -0.493 e. The van der Waals surface area contributed by atoms with E-state index in [2.05, 4.69) is 20.4 Å². The fourth-order valence-corrected chi connectivity index (χ4v) is 3.89. The summed E-state index contributed by atoms with van der Waals surface area (Å²) in [5, 5.41) is 7.62. The van der Waals surface area contributed by atoms with Crippen LogP contribution < -0.4 is 15.8 Å². The van der Waals surface area contributed by atoms with E-state index in [0.717, 1.165) is 0 Å². The lowest BCUT2D eigenvalue weighted by atomic mass is 9.99. The Labute approximate surface area is 176 Å². The van der Waals surface area contributed by atoms with Gasteiger partial charge in [-0.15, -0.1) is 0 Å². The van der Waals surface area contributed by atoms with Crippen LogP contribution in [0.5, 0.6) is 5.75 Å². The number of carbonyl (C=O) groups is 1. The predicted molar refractivity (Wildman–Crippen MR) is 108 cm³/mol. The number of carbonyl (C=O) groups excluding carboxylic acids is 1. The van der Waals surface area contributed by atoms with Gasteiger partial charge in [-0.3, -0.25) is 0 Å². The maximum absolute atomic E-state index is 15.0. The number of benzene rings is 1. The van der Waals surface area contributed by atoms with Crippen LogP contribution in [0.3, 0.4) is 0 Å². The second-order valence-corrected chi connectivity index (χ2v) is 7.28. The van der Waals surface area contributed by atoms with Gasteiger partial charge in [-0.05, 0) is 26.8 Å². The Hall–Kier alpha value is -3.14. The zero-order chi connectivity index (χ0) is 21.6. The molecule has 4 rings (SSSR count). The van der Waals surface area contributed by atoms with Crippen molar-refractivity contribution in [3.8, 4) is 5.75 Å². The van der Waals surface area contributed by atoms with Gasteiger partial charge in [0.15, 0.2) is 17.6 Å². The topological polar surface area (TPSA) is 117 Å². The zero-order valence-electron chi connectivity index (χ0n) is 16.6. The summed E-state index contributed by atoms with van der Waals surface area (Å²) in [6.07, 6.45) is -0.131. The molecule has 0 radical (unpaired) electrons. The molecule has 3 heterocycles. The van der Waals surface area contributed by atoms with E-state index in [0.29, 0.717) is 28.1 Å². The maximum Gasteiger partial charge on any atom is 0.407 e. The fraction of sp³-hybridized carbons (Fsp3) is 0.368. The van der Waals surface area contributed by atoms with Crippen LogP contribution in [0.25, 0.3) is 11.0 Å².